The molecular formula is C15H26N4OS. The molecule has 2 heterocycles. The second-order valence-electron chi connectivity index (χ2n) is 5.88. The van der Waals surface area contributed by atoms with Crippen LogP contribution in [0.2, 0.25) is 0 Å². The molecule has 1 saturated heterocycles. The van der Waals surface area contributed by atoms with E-state index in [0.29, 0.717) is 12.5 Å². The lowest BCUT2D eigenvalue weighted by atomic mass is 9.92. The number of nitrogens with two attached hydrogens (primary N) is 1. The van der Waals surface area contributed by atoms with E-state index >= 15 is 0 Å². The molecule has 118 valence electrons. The zero-order valence-electron chi connectivity index (χ0n) is 13.2. The number of hydrogen-bond donors (Lipinski definition) is 1. The predicted molar refractivity (Wildman–Crippen MR) is 87.5 cm³/mol. The van der Waals surface area contributed by atoms with Crippen LogP contribution in [0.1, 0.15) is 39.3 Å². The summed E-state index contributed by atoms with van der Waals surface area (Å²) < 4.78 is 0. The first-order valence-corrected chi connectivity index (χ1v) is 8.59. The number of carbonyl (C=O) groups excluding carboxylic acids is 1. The first kappa shape index (κ1) is 16.4. The predicted octanol–water partition coefficient (Wildman–Crippen LogP) is 2.08. The minimum atomic E-state index is 0.0494. The van der Waals surface area contributed by atoms with Crippen molar-refractivity contribution in [3.8, 4) is 0 Å². The van der Waals surface area contributed by atoms with E-state index in [1.54, 1.807) is 23.2 Å². The Bertz CT molecular complexity index is 474. The number of carbonyl (C=O) groups is 1. The van der Waals surface area contributed by atoms with Gasteiger partial charge in [0.2, 0.25) is 5.91 Å². The largest absolute Gasteiger partial charge is 0.328 e. The lowest BCUT2D eigenvalue weighted by Gasteiger charge is -2.34. The number of rotatable bonds is 5. The number of nitrogens with zero attached hydrogens (tertiary/aromatic N) is 3. The molecule has 0 spiro atoms. The van der Waals surface area contributed by atoms with E-state index in [1.165, 1.54) is 12.8 Å². The molecule has 5 nitrogen and oxygen atoms in total. The number of anilines is 1. The van der Waals surface area contributed by atoms with E-state index in [0.717, 1.165) is 30.5 Å². The Balaban J connectivity index is 1.97. The van der Waals surface area contributed by atoms with Gasteiger partial charge in [0.05, 0.1) is 5.69 Å². The van der Waals surface area contributed by atoms with E-state index in [9.17, 15) is 4.79 Å². The topological polar surface area (TPSA) is 62.5 Å². The highest BCUT2D eigenvalue weighted by atomic mass is 32.1. The van der Waals surface area contributed by atoms with Crippen LogP contribution < -0.4 is 10.6 Å². The van der Waals surface area contributed by atoms with Crippen LogP contribution in [-0.2, 0) is 11.3 Å². The Morgan fingerprint density at radius 3 is 3.05 bits per heavy atom. The maximum atomic E-state index is 11.6. The summed E-state index contributed by atoms with van der Waals surface area (Å²) >= 11 is 1.55. The Kier molecular flexibility index (Phi) is 5.72. The summed E-state index contributed by atoms with van der Waals surface area (Å²) in [5, 5.41) is 2.87. The molecule has 1 aromatic rings. The van der Waals surface area contributed by atoms with E-state index in [2.05, 4.69) is 22.2 Å². The normalized spacial score (nSPS) is 21.2. The van der Waals surface area contributed by atoms with Crippen molar-refractivity contribution in [2.45, 2.75) is 46.2 Å². The summed E-state index contributed by atoms with van der Waals surface area (Å²) in [5.41, 5.74) is 7.09. The highest BCUT2D eigenvalue weighted by Crippen LogP contribution is 2.24. The molecule has 21 heavy (non-hydrogen) atoms. The molecule has 1 aromatic heterocycles. The van der Waals surface area contributed by atoms with Crippen molar-refractivity contribution < 1.29 is 4.79 Å². The number of aromatic nitrogens is 1. The fraction of sp³-hybridized carbons (Fsp3) is 0.733. The maximum absolute atomic E-state index is 11.6. The summed E-state index contributed by atoms with van der Waals surface area (Å²) in [6.45, 7) is 9.34. The first-order valence-electron chi connectivity index (χ1n) is 7.71. The van der Waals surface area contributed by atoms with Crippen molar-refractivity contribution in [1.82, 2.24) is 9.88 Å². The lowest BCUT2D eigenvalue weighted by Crippen LogP contribution is -2.42. The number of likely N-dealkylation sites (tertiary alicyclic amines) is 1. The summed E-state index contributed by atoms with van der Waals surface area (Å²) in [6, 6.07) is 0.257. The van der Waals surface area contributed by atoms with Gasteiger partial charge in [0, 0.05) is 38.0 Å². The number of hydrogen-bond acceptors (Lipinski definition) is 5. The fourth-order valence-corrected chi connectivity index (χ4v) is 3.80. The third-order valence-electron chi connectivity index (χ3n) is 4.14. The van der Waals surface area contributed by atoms with Crippen LogP contribution in [-0.4, -0.2) is 41.5 Å². The van der Waals surface area contributed by atoms with Crippen LogP contribution in [0.15, 0.2) is 5.38 Å². The SMILES string of the molecule is CCN(C(C)=O)c1nc(CN2CCCC(C(C)N)C2)cs1. The molecule has 2 atom stereocenters. The number of amides is 1. The third kappa shape index (κ3) is 4.25. The second-order valence-corrected chi connectivity index (χ2v) is 6.72. The molecular weight excluding hydrogens is 284 g/mol. The Hall–Kier alpha value is -0.980. The molecule has 0 aromatic carbocycles. The average molecular weight is 310 g/mol. The lowest BCUT2D eigenvalue weighted by molar-refractivity contribution is -0.116. The van der Waals surface area contributed by atoms with Gasteiger partial charge in [0.25, 0.3) is 0 Å². The van der Waals surface area contributed by atoms with E-state index < -0.39 is 0 Å². The van der Waals surface area contributed by atoms with E-state index in [1.807, 2.05) is 6.92 Å². The van der Waals surface area contributed by atoms with Crippen LogP contribution in [0.25, 0.3) is 0 Å². The molecule has 1 aliphatic heterocycles. The van der Waals surface area contributed by atoms with Gasteiger partial charge in [-0.2, -0.15) is 0 Å². The van der Waals surface area contributed by atoms with Gasteiger partial charge in [-0.05, 0) is 39.2 Å². The van der Waals surface area contributed by atoms with Gasteiger partial charge in [-0.1, -0.05) is 0 Å². The van der Waals surface area contributed by atoms with Gasteiger partial charge in [-0.25, -0.2) is 4.98 Å². The van der Waals surface area contributed by atoms with Gasteiger partial charge in [0.1, 0.15) is 0 Å². The van der Waals surface area contributed by atoms with Crippen LogP contribution in [0.5, 0.6) is 0 Å². The van der Waals surface area contributed by atoms with Crippen molar-refractivity contribution in [1.29, 1.82) is 0 Å². The fourth-order valence-electron chi connectivity index (χ4n) is 2.88. The average Bonchev–Trinajstić information content (AvgIpc) is 2.87. The Morgan fingerprint density at radius 1 is 1.67 bits per heavy atom. The number of thiazole rings is 1. The highest BCUT2D eigenvalue weighted by molar-refractivity contribution is 7.14. The van der Waals surface area contributed by atoms with Crippen LogP contribution in [0.4, 0.5) is 5.13 Å². The minimum absolute atomic E-state index is 0.0494. The third-order valence-corrected chi connectivity index (χ3v) is 5.05. The van der Waals surface area contributed by atoms with Gasteiger partial charge in [-0.3, -0.25) is 14.6 Å². The quantitative estimate of drug-likeness (QED) is 0.904. The van der Waals surface area contributed by atoms with Crippen LogP contribution in [0.3, 0.4) is 0 Å². The Morgan fingerprint density at radius 2 is 2.43 bits per heavy atom. The first-order chi connectivity index (χ1) is 10.0. The highest BCUT2D eigenvalue weighted by Gasteiger charge is 2.23. The van der Waals surface area contributed by atoms with E-state index in [-0.39, 0.29) is 11.9 Å². The molecule has 2 rings (SSSR count). The summed E-state index contributed by atoms with van der Waals surface area (Å²) in [7, 11) is 0. The standard InChI is InChI=1S/C15H26N4OS/c1-4-19(12(3)20)15-17-14(10-21-15)9-18-7-5-6-13(8-18)11(2)16/h10-11,13H,4-9,16H2,1-3H3. The molecule has 2 unspecified atom stereocenters. The summed E-state index contributed by atoms with van der Waals surface area (Å²) in [6.07, 6.45) is 2.43. The van der Waals surface area contributed by atoms with Gasteiger partial charge in [0.15, 0.2) is 5.13 Å². The van der Waals surface area contributed by atoms with Crippen molar-refractivity contribution in [3.05, 3.63) is 11.1 Å². The molecule has 1 aliphatic rings. The Labute approximate surface area is 131 Å². The van der Waals surface area contributed by atoms with Crippen molar-refractivity contribution in [2.75, 3.05) is 24.5 Å². The van der Waals surface area contributed by atoms with Gasteiger partial charge in [-0.15, -0.1) is 11.3 Å². The molecule has 0 aliphatic carbocycles. The minimum Gasteiger partial charge on any atom is -0.328 e. The molecule has 2 N–H and O–H groups in total. The van der Waals surface area contributed by atoms with Gasteiger partial charge < -0.3 is 5.73 Å². The van der Waals surface area contributed by atoms with E-state index in [4.69, 9.17) is 5.73 Å². The van der Waals surface area contributed by atoms with Gasteiger partial charge >= 0.3 is 0 Å². The van der Waals surface area contributed by atoms with Crippen molar-refractivity contribution >= 4 is 22.4 Å². The zero-order valence-corrected chi connectivity index (χ0v) is 14.0. The molecule has 0 bridgehead atoms. The molecule has 1 amide bonds. The second kappa shape index (κ2) is 7.33. The maximum Gasteiger partial charge on any atom is 0.225 e. The van der Waals surface area contributed by atoms with Crippen LogP contribution >= 0.6 is 11.3 Å². The molecule has 0 radical (unpaired) electrons. The molecule has 6 heteroatoms. The number of piperidine rings is 1. The molecule has 1 fully saturated rings. The smallest absolute Gasteiger partial charge is 0.225 e. The van der Waals surface area contributed by atoms with Crippen LogP contribution in [0, 0.1) is 5.92 Å². The zero-order chi connectivity index (χ0) is 15.4. The summed E-state index contributed by atoms with van der Waals surface area (Å²) in [4.78, 5) is 20.3. The van der Waals surface area contributed by atoms with Crippen molar-refractivity contribution in [3.63, 3.8) is 0 Å². The monoisotopic (exact) mass is 310 g/mol. The van der Waals surface area contributed by atoms with Crippen molar-refractivity contribution in [2.24, 2.45) is 11.7 Å². The summed E-state index contributed by atoms with van der Waals surface area (Å²) in [5.74, 6) is 0.634. The molecule has 0 saturated carbocycles.